The summed E-state index contributed by atoms with van der Waals surface area (Å²) in [5.41, 5.74) is 2.26. The molecule has 0 aliphatic carbocycles. The average molecular weight is 344 g/mol. The van der Waals surface area contributed by atoms with E-state index in [9.17, 15) is 13.6 Å². The predicted octanol–water partition coefficient (Wildman–Crippen LogP) is 3.53. The lowest BCUT2D eigenvalue weighted by Gasteiger charge is -2.41. The van der Waals surface area contributed by atoms with Gasteiger partial charge in [-0.05, 0) is 43.5 Å². The van der Waals surface area contributed by atoms with Gasteiger partial charge in [-0.25, -0.2) is 8.78 Å². The normalized spacial score (nSPS) is 14.9. The van der Waals surface area contributed by atoms with Gasteiger partial charge in [0, 0.05) is 31.2 Å². The van der Waals surface area contributed by atoms with Crippen LogP contribution in [-0.2, 0) is 13.0 Å². The molecule has 0 unspecified atom stereocenters. The standard InChI is InChI=1S/C20H22F2N2O/c1-20(2,24-10-9-14-5-3-4-6-15(14)12-24)13-23-19(25)17-8-7-16(21)11-18(17)22/h3-8,11H,9-10,12-13H2,1-2H3,(H,23,25). The van der Waals surface area contributed by atoms with Crippen molar-refractivity contribution in [1.29, 1.82) is 0 Å². The summed E-state index contributed by atoms with van der Waals surface area (Å²) in [4.78, 5) is 14.5. The van der Waals surface area contributed by atoms with Crippen molar-refractivity contribution in [2.45, 2.75) is 32.4 Å². The van der Waals surface area contributed by atoms with Crippen molar-refractivity contribution in [3.8, 4) is 0 Å². The van der Waals surface area contributed by atoms with Crippen LogP contribution in [0.25, 0.3) is 0 Å². The Balaban J connectivity index is 1.65. The molecule has 0 radical (unpaired) electrons. The third kappa shape index (κ3) is 3.87. The van der Waals surface area contributed by atoms with Crippen molar-refractivity contribution >= 4 is 5.91 Å². The number of hydrogen-bond donors (Lipinski definition) is 1. The maximum atomic E-state index is 13.7. The van der Waals surface area contributed by atoms with Crippen molar-refractivity contribution in [2.24, 2.45) is 0 Å². The van der Waals surface area contributed by atoms with E-state index in [-0.39, 0.29) is 11.1 Å². The molecule has 1 heterocycles. The van der Waals surface area contributed by atoms with Crippen LogP contribution >= 0.6 is 0 Å². The van der Waals surface area contributed by atoms with E-state index in [4.69, 9.17) is 0 Å². The summed E-state index contributed by atoms with van der Waals surface area (Å²) in [6.07, 6.45) is 0.972. The first-order chi connectivity index (χ1) is 11.9. The highest BCUT2D eigenvalue weighted by Crippen LogP contribution is 2.25. The van der Waals surface area contributed by atoms with Crippen molar-refractivity contribution in [3.63, 3.8) is 0 Å². The Labute approximate surface area is 146 Å². The molecule has 1 amide bonds. The summed E-state index contributed by atoms with van der Waals surface area (Å²) in [6, 6.07) is 11.4. The van der Waals surface area contributed by atoms with Gasteiger partial charge in [0.2, 0.25) is 0 Å². The molecular weight excluding hydrogens is 322 g/mol. The van der Waals surface area contributed by atoms with Crippen LogP contribution in [0.15, 0.2) is 42.5 Å². The Hall–Kier alpha value is -2.27. The average Bonchev–Trinajstić information content (AvgIpc) is 2.59. The summed E-state index contributed by atoms with van der Waals surface area (Å²) < 4.78 is 26.7. The van der Waals surface area contributed by atoms with Gasteiger partial charge in [0.1, 0.15) is 11.6 Å². The minimum absolute atomic E-state index is 0.138. The molecule has 3 nitrogen and oxygen atoms in total. The van der Waals surface area contributed by atoms with E-state index in [1.807, 2.05) is 6.07 Å². The monoisotopic (exact) mass is 344 g/mol. The number of nitrogens with zero attached hydrogens (tertiary/aromatic N) is 1. The molecule has 3 rings (SSSR count). The summed E-state index contributed by atoms with van der Waals surface area (Å²) in [6.45, 7) is 6.23. The lowest BCUT2D eigenvalue weighted by Crippen LogP contribution is -2.53. The Morgan fingerprint density at radius 2 is 1.88 bits per heavy atom. The number of amides is 1. The zero-order valence-electron chi connectivity index (χ0n) is 14.5. The molecule has 132 valence electrons. The molecule has 2 aromatic rings. The maximum Gasteiger partial charge on any atom is 0.254 e. The molecule has 25 heavy (non-hydrogen) atoms. The van der Waals surface area contributed by atoms with Crippen LogP contribution in [0.1, 0.15) is 35.3 Å². The summed E-state index contributed by atoms with van der Waals surface area (Å²) in [5, 5.41) is 2.78. The molecule has 1 aliphatic rings. The topological polar surface area (TPSA) is 32.3 Å². The first kappa shape index (κ1) is 17.5. The Morgan fingerprint density at radius 3 is 2.60 bits per heavy atom. The van der Waals surface area contributed by atoms with Gasteiger partial charge >= 0.3 is 0 Å². The Morgan fingerprint density at radius 1 is 1.16 bits per heavy atom. The van der Waals surface area contributed by atoms with Crippen molar-refractivity contribution in [3.05, 3.63) is 70.8 Å². The highest BCUT2D eigenvalue weighted by Gasteiger charge is 2.30. The fourth-order valence-electron chi connectivity index (χ4n) is 3.19. The van der Waals surface area contributed by atoms with E-state index >= 15 is 0 Å². The molecule has 0 bridgehead atoms. The van der Waals surface area contributed by atoms with E-state index in [1.54, 1.807) is 0 Å². The SMILES string of the molecule is CC(C)(CNC(=O)c1ccc(F)cc1F)N1CCc2ccccc2C1. The number of fused-ring (bicyclic) bond motifs is 1. The van der Waals surface area contributed by atoms with Gasteiger partial charge < -0.3 is 5.32 Å². The van der Waals surface area contributed by atoms with Gasteiger partial charge in [-0.3, -0.25) is 9.69 Å². The van der Waals surface area contributed by atoms with Crippen LogP contribution < -0.4 is 5.32 Å². The lowest BCUT2D eigenvalue weighted by atomic mass is 9.94. The van der Waals surface area contributed by atoms with Crippen molar-refractivity contribution < 1.29 is 13.6 Å². The van der Waals surface area contributed by atoms with Gasteiger partial charge in [-0.2, -0.15) is 0 Å². The first-order valence-corrected chi connectivity index (χ1v) is 8.42. The molecule has 0 saturated carbocycles. The van der Waals surface area contributed by atoms with E-state index in [0.717, 1.165) is 31.6 Å². The largest absolute Gasteiger partial charge is 0.350 e. The quantitative estimate of drug-likeness (QED) is 0.920. The van der Waals surface area contributed by atoms with Gasteiger partial charge in [-0.1, -0.05) is 24.3 Å². The summed E-state index contributed by atoms with van der Waals surface area (Å²) >= 11 is 0. The molecular formula is C20H22F2N2O. The molecule has 1 N–H and O–H groups in total. The maximum absolute atomic E-state index is 13.7. The molecule has 0 aromatic heterocycles. The Kier molecular flexibility index (Phi) is 4.86. The summed E-state index contributed by atoms with van der Waals surface area (Å²) in [5.74, 6) is -2.06. The Bertz CT molecular complexity index is 789. The number of carbonyl (C=O) groups is 1. The second kappa shape index (κ2) is 6.92. The zero-order chi connectivity index (χ0) is 18.0. The van der Waals surface area contributed by atoms with Crippen LogP contribution in [0.2, 0.25) is 0 Å². The minimum Gasteiger partial charge on any atom is -0.350 e. The fraction of sp³-hybridized carbons (Fsp3) is 0.350. The second-order valence-electron chi connectivity index (χ2n) is 7.06. The van der Waals surface area contributed by atoms with Crippen molar-refractivity contribution in [2.75, 3.05) is 13.1 Å². The van der Waals surface area contributed by atoms with Gasteiger partial charge in [0.25, 0.3) is 5.91 Å². The molecule has 0 saturated heterocycles. The van der Waals surface area contributed by atoms with E-state index in [0.29, 0.717) is 6.54 Å². The van der Waals surface area contributed by atoms with Crippen LogP contribution in [-0.4, -0.2) is 29.4 Å². The smallest absolute Gasteiger partial charge is 0.254 e. The van der Waals surface area contributed by atoms with Gasteiger partial charge in [0.05, 0.1) is 5.56 Å². The molecule has 0 fully saturated rings. The number of hydrogen-bond acceptors (Lipinski definition) is 2. The number of rotatable bonds is 4. The number of halogens is 2. The van der Waals surface area contributed by atoms with Crippen LogP contribution in [0.3, 0.4) is 0 Å². The van der Waals surface area contributed by atoms with Gasteiger partial charge in [0.15, 0.2) is 0 Å². The van der Waals surface area contributed by atoms with Crippen LogP contribution in [0.4, 0.5) is 8.78 Å². The third-order valence-corrected chi connectivity index (χ3v) is 4.84. The summed E-state index contributed by atoms with van der Waals surface area (Å²) in [7, 11) is 0. The van der Waals surface area contributed by atoms with Crippen molar-refractivity contribution in [1.82, 2.24) is 10.2 Å². The molecule has 2 aromatic carbocycles. The second-order valence-corrected chi connectivity index (χ2v) is 7.06. The van der Waals surface area contributed by atoms with Gasteiger partial charge in [-0.15, -0.1) is 0 Å². The lowest BCUT2D eigenvalue weighted by molar-refractivity contribution is 0.0823. The fourth-order valence-corrected chi connectivity index (χ4v) is 3.19. The minimum atomic E-state index is -0.845. The van der Waals surface area contributed by atoms with Crippen LogP contribution in [0.5, 0.6) is 0 Å². The number of benzene rings is 2. The van der Waals surface area contributed by atoms with Crippen LogP contribution in [0, 0.1) is 11.6 Å². The first-order valence-electron chi connectivity index (χ1n) is 8.42. The molecule has 5 heteroatoms. The highest BCUT2D eigenvalue weighted by molar-refractivity contribution is 5.94. The molecule has 0 spiro atoms. The third-order valence-electron chi connectivity index (χ3n) is 4.84. The number of carbonyl (C=O) groups excluding carboxylic acids is 1. The molecule has 0 atom stereocenters. The predicted molar refractivity (Wildman–Crippen MR) is 93.3 cm³/mol. The number of nitrogens with one attached hydrogen (secondary N) is 1. The zero-order valence-corrected chi connectivity index (χ0v) is 14.5. The highest BCUT2D eigenvalue weighted by atomic mass is 19.1. The van der Waals surface area contributed by atoms with E-state index < -0.39 is 17.5 Å². The molecule has 1 aliphatic heterocycles. The van der Waals surface area contributed by atoms with E-state index in [2.05, 4.69) is 42.3 Å². The van der Waals surface area contributed by atoms with E-state index in [1.165, 1.54) is 17.2 Å².